The Labute approximate surface area is 125 Å². The molecule has 5 nitrogen and oxygen atoms in total. The Balaban J connectivity index is 1.43. The summed E-state index contributed by atoms with van der Waals surface area (Å²) in [7, 11) is 0. The lowest BCUT2D eigenvalue weighted by Gasteiger charge is -2.31. The zero-order valence-corrected chi connectivity index (χ0v) is 12.2. The van der Waals surface area contributed by atoms with Crippen LogP contribution in [0.1, 0.15) is 42.7 Å². The van der Waals surface area contributed by atoms with Crippen LogP contribution in [-0.2, 0) is 0 Å². The molecule has 1 aromatic heterocycles. The molecule has 0 saturated carbocycles. The summed E-state index contributed by atoms with van der Waals surface area (Å²) in [5, 5.41) is 17.1. The first-order valence-corrected chi connectivity index (χ1v) is 7.63. The summed E-state index contributed by atoms with van der Waals surface area (Å²) in [6, 6.07) is 9.90. The molecule has 1 aliphatic rings. The lowest BCUT2D eigenvalue weighted by atomic mass is 9.96. The first-order chi connectivity index (χ1) is 10.3. The van der Waals surface area contributed by atoms with Crippen LogP contribution in [0.3, 0.4) is 0 Å². The average molecular weight is 286 g/mol. The second-order valence-corrected chi connectivity index (χ2v) is 5.70. The minimum Gasteiger partial charge on any atom is -0.388 e. The van der Waals surface area contributed by atoms with Crippen molar-refractivity contribution in [2.24, 2.45) is 0 Å². The maximum Gasteiger partial charge on any atom is 0.137 e. The van der Waals surface area contributed by atoms with Gasteiger partial charge in [-0.1, -0.05) is 30.3 Å². The standard InChI is InChI=1S/C16H22N4O/c21-15(13-4-2-1-3-5-13)8-11-20-9-6-14(7-10-20)16-17-12-18-19-16/h1-5,12,14-15,21H,6-11H2,(H,17,18,19)/t15-/m0/s1. The Morgan fingerprint density at radius 2 is 2.00 bits per heavy atom. The molecular weight excluding hydrogens is 264 g/mol. The minimum absolute atomic E-state index is 0.363. The number of hydrogen-bond acceptors (Lipinski definition) is 4. The van der Waals surface area contributed by atoms with Crippen LogP contribution in [0.2, 0.25) is 0 Å². The molecule has 5 heteroatoms. The number of aliphatic hydroxyl groups excluding tert-OH is 1. The molecule has 0 aliphatic carbocycles. The largest absolute Gasteiger partial charge is 0.388 e. The monoisotopic (exact) mass is 286 g/mol. The number of benzene rings is 1. The van der Waals surface area contributed by atoms with Gasteiger partial charge in [-0.2, -0.15) is 5.10 Å². The van der Waals surface area contributed by atoms with Gasteiger partial charge in [0.05, 0.1) is 6.10 Å². The normalized spacial score (nSPS) is 18.7. The average Bonchev–Trinajstić information content (AvgIpc) is 3.08. The van der Waals surface area contributed by atoms with E-state index in [4.69, 9.17) is 0 Å². The highest BCUT2D eigenvalue weighted by molar-refractivity contribution is 5.17. The smallest absolute Gasteiger partial charge is 0.137 e. The van der Waals surface area contributed by atoms with Crippen molar-refractivity contribution in [3.05, 3.63) is 48.0 Å². The molecule has 2 heterocycles. The molecule has 1 atom stereocenters. The van der Waals surface area contributed by atoms with Crippen molar-refractivity contribution in [3.63, 3.8) is 0 Å². The molecule has 1 saturated heterocycles. The van der Waals surface area contributed by atoms with Crippen LogP contribution in [0.4, 0.5) is 0 Å². The number of likely N-dealkylation sites (tertiary alicyclic amines) is 1. The lowest BCUT2D eigenvalue weighted by Crippen LogP contribution is -2.34. The number of nitrogens with one attached hydrogen (secondary N) is 1. The van der Waals surface area contributed by atoms with Crippen molar-refractivity contribution >= 4 is 0 Å². The highest BCUT2D eigenvalue weighted by Gasteiger charge is 2.22. The summed E-state index contributed by atoms with van der Waals surface area (Å²) >= 11 is 0. The predicted octanol–water partition coefficient (Wildman–Crippen LogP) is 2.11. The Hall–Kier alpha value is -1.72. The number of hydrogen-bond donors (Lipinski definition) is 2. The maximum absolute atomic E-state index is 10.2. The molecule has 0 unspecified atom stereocenters. The van der Waals surface area contributed by atoms with Crippen molar-refractivity contribution in [1.82, 2.24) is 20.1 Å². The fourth-order valence-corrected chi connectivity index (χ4v) is 2.99. The molecule has 2 N–H and O–H groups in total. The van der Waals surface area contributed by atoms with Crippen LogP contribution in [0, 0.1) is 0 Å². The van der Waals surface area contributed by atoms with Crippen molar-refractivity contribution in [2.45, 2.75) is 31.3 Å². The molecule has 3 rings (SSSR count). The van der Waals surface area contributed by atoms with Gasteiger partial charge in [-0.3, -0.25) is 5.10 Å². The summed E-state index contributed by atoms with van der Waals surface area (Å²) in [5.74, 6) is 1.52. The predicted molar refractivity (Wildman–Crippen MR) is 80.8 cm³/mol. The SMILES string of the molecule is O[C@@H](CCN1CCC(c2ncn[nH]2)CC1)c1ccccc1. The topological polar surface area (TPSA) is 65.0 Å². The fraction of sp³-hybridized carbons (Fsp3) is 0.500. The third kappa shape index (κ3) is 3.68. The van der Waals surface area contributed by atoms with Crippen LogP contribution in [-0.4, -0.2) is 44.8 Å². The second-order valence-electron chi connectivity index (χ2n) is 5.70. The van der Waals surface area contributed by atoms with Gasteiger partial charge in [-0.05, 0) is 37.9 Å². The third-order valence-corrected chi connectivity index (χ3v) is 4.31. The number of aromatic nitrogens is 3. The van der Waals surface area contributed by atoms with E-state index in [1.807, 2.05) is 30.3 Å². The number of rotatable bonds is 5. The van der Waals surface area contributed by atoms with Crippen LogP contribution in [0.25, 0.3) is 0 Å². The molecule has 0 spiro atoms. The van der Waals surface area contributed by atoms with Gasteiger partial charge in [0, 0.05) is 12.5 Å². The Kier molecular flexibility index (Phi) is 4.62. The van der Waals surface area contributed by atoms with Gasteiger partial charge in [-0.15, -0.1) is 0 Å². The van der Waals surface area contributed by atoms with Crippen LogP contribution >= 0.6 is 0 Å². The number of nitrogens with zero attached hydrogens (tertiary/aromatic N) is 3. The molecular formula is C16H22N4O. The zero-order chi connectivity index (χ0) is 14.5. The first-order valence-electron chi connectivity index (χ1n) is 7.63. The number of aromatic amines is 1. The van der Waals surface area contributed by atoms with E-state index in [0.717, 1.165) is 50.3 Å². The van der Waals surface area contributed by atoms with Crippen molar-refractivity contribution in [3.8, 4) is 0 Å². The Morgan fingerprint density at radius 3 is 2.67 bits per heavy atom. The Morgan fingerprint density at radius 1 is 1.24 bits per heavy atom. The molecule has 0 bridgehead atoms. The Bertz CT molecular complexity index is 520. The van der Waals surface area contributed by atoms with Gasteiger partial charge in [0.25, 0.3) is 0 Å². The molecule has 0 amide bonds. The van der Waals surface area contributed by atoms with Crippen molar-refractivity contribution < 1.29 is 5.11 Å². The first kappa shape index (κ1) is 14.2. The molecule has 112 valence electrons. The van der Waals surface area contributed by atoms with E-state index in [-0.39, 0.29) is 6.10 Å². The van der Waals surface area contributed by atoms with Crippen molar-refractivity contribution in [2.75, 3.05) is 19.6 Å². The van der Waals surface area contributed by atoms with Crippen LogP contribution in [0.15, 0.2) is 36.7 Å². The summed E-state index contributed by atoms with van der Waals surface area (Å²) in [4.78, 5) is 6.68. The molecule has 1 aliphatic heterocycles. The van der Waals surface area contributed by atoms with Gasteiger partial charge in [0.15, 0.2) is 0 Å². The highest BCUT2D eigenvalue weighted by Crippen LogP contribution is 2.25. The van der Waals surface area contributed by atoms with Crippen LogP contribution < -0.4 is 0 Å². The molecule has 1 aromatic carbocycles. The van der Waals surface area contributed by atoms with E-state index in [1.165, 1.54) is 0 Å². The van der Waals surface area contributed by atoms with Crippen LogP contribution in [0.5, 0.6) is 0 Å². The fourth-order valence-electron chi connectivity index (χ4n) is 2.99. The summed E-state index contributed by atoms with van der Waals surface area (Å²) < 4.78 is 0. The second kappa shape index (κ2) is 6.83. The summed E-state index contributed by atoms with van der Waals surface area (Å²) in [6.07, 6.45) is 4.22. The maximum atomic E-state index is 10.2. The summed E-state index contributed by atoms with van der Waals surface area (Å²) in [6.45, 7) is 3.07. The molecule has 21 heavy (non-hydrogen) atoms. The van der Waals surface area contributed by atoms with E-state index in [1.54, 1.807) is 6.33 Å². The van der Waals surface area contributed by atoms with Gasteiger partial charge in [0.2, 0.25) is 0 Å². The van der Waals surface area contributed by atoms with Gasteiger partial charge < -0.3 is 10.0 Å². The van der Waals surface area contributed by atoms with E-state index >= 15 is 0 Å². The van der Waals surface area contributed by atoms with Gasteiger partial charge in [-0.25, -0.2) is 4.98 Å². The van der Waals surface area contributed by atoms with E-state index in [2.05, 4.69) is 20.1 Å². The third-order valence-electron chi connectivity index (χ3n) is 4.31. The van der Waals surface area contributed by atoms with E-state index in [9.17, 15) is 5.11 Å². The number of H-pyrrole nitrogens is 1. The van der Waals surface area contributed by atoms with Crippen molar-refractivity contribution in [1.29, 1.82) is 0 Å². The quantitative estimate of drug-likeness (QED) is 0.883. The highest BCUT2D eigenvalue weighted by atomic mass is 16.3. The molecule has 0 radical (unpaired) electrons. The number of piperidine rings is 1. The van der Waals surface area contributed by atoms with E-state index in [0.29, 0.717) is 5.92 Å². The summed E-state index contributed by atoms with van der Waals surface area (Å²) in [5.41, 5.74) is 1.01. The van der Waals surface area contributed by atoms with E-state index < -0.39 is 0 Å². The number of aliphatic hydroxyl groups is 1. The zero-order valence-electron chi connectivity index (χ0n) is 12.2. The molecule has 1 fully saturated rings. The lowest BCUT2D eigenvalue weighted by molar-refractivity contribution is 0.130. The van der Waals surface area contributed by atoms with Gasteiger partial charge in [0.1, 0.15) is 12.2 Å². The van der Waals surface area contributed by atoms with Gasteiger partial charge >= 0.3 is 0 Å². The molecule has 2 aromatic rings. The minimum atomic E-state index is -0.363.